The lowest BCUT2D eigenvalue weighted by Crippen LogP contribution is -2.17. The molecule has 1 fully saturated rings. The molecule has 0 aromatic carbocycles. The predicted molar refractivity (Wildman–Crippen MR) is 56.5 cm³/mol. The molecule has 0 aliphatic carbocycles. The largest absolute Gasteiger partial charge is 0.435 e. The number of alkyl halides is 3. The van der Waals surface area contributed by atoms with Crippen LogP contribution in [0.15, 0.2) is 0 Å². The molecular weight excluding hydrogens is 237 g/mol. The van der Waals surface area contributed by atoms with Gasteiger partial charge in [-0.15, -0.1) is 6.42 Å². The van der Waals surface area contributed by atoms with Crippen LogP contribution < -0.4 is 4.90 Å². The van der Waals surface area contributed by atoms with Gasteiger partial charge in [-0.25, -0.2) is 4.98 Å². The van der Waals surface area contributed by atoms with Crippen LogP contribution in [0.25, 0.3) is 0 Å². The summed E-state index contributed by atoms with van der Waals surface area (Å²) in [4.78, 5) is 5.33. The number of hydrogen-bond donors (Lipinski definition) is 0. The van der Waals surface area contributed by atoms with Crippen LogP contribution in [0.2, 0.25) is 0 Å². The van der Waals surface area contributed by atoms with Crippen LogP contribution in [0.3, 0.4) is 0 Å². The topological polar surface area (TPSA) is 16.1 Å². The van der Waals surface area contributed by atoms with Crippen molar-refractivity contribution in [2.75, 3.05) is 18.0 Å². The quantitative estimate of drug-likeness (QED) is 0.708. The zero-order chi connectivity index (χ0) is 11.8. The molecule has 0 amide bonds. The maximum Gasteiger partial charge on any atom is 0.435 e. The van der Waals surface area contributed by atoms with E-state index >= 15 is 0 Å². The van der Waals surface area contributed by atoms with E-state index in [2.05, 4.69) is 10.9 Å². The Bertz CT molecular complexity index is 424. The summed E-state index contributed by atoms with van der Waals surface area (Å²) in [5, 5.41) is 0.387. The van der Waals surface area contributed by atoms with Crippen molar-refractivity contribution in [1.29, 1.82) is 0 Å². The molecule has 86 valence electrons. The lowest BCUT2D eigenvalue weighted by molar-refractivity contribution is -0.140. The van der Waals surface area contributed by atoms with E-state index in [1.165, 1.54) is 0 Å². The molecule has 16 heavy (non-hydrogen) atoms. The molecule has 6 heteroatoms. The van der Waals surface area contributed by atoms with Crippen molar-refractivity contribution in [3.8, 4) is 12.3 Å². The number of anilines is 1. The average molecular weight is 246 g/mol. The Morgan fingerprint density at radius 2 is 1.94 bits per heavy atom. The Labute approximate surface area is 95.1 Å². The van der Waals surface area contributed by atoms with Gasteiger partial charge in [-0.05, 0) is 12.8 Å². The zero-order valence-corrected chi connectivity index (χ0v) is 9.16. The number of aromatic nitrogens is 1. The molecule has 2 heterocycles. The fourth-order valence-corrected chi connectivity index (χ4v) is 2.59. The van der Waals surface area contributed by atoms with Crippen LogP contribution in [0.1, 0.15) is 23.4 Å². The predicted octanol–water partition coefficient (Wildman–Crippen LogP) is 2.74. The summed E-state index contributed by atoms with van der Waals surface area (Å²) < 4.78 is 37.7. The average Bonchev–Trinajstić information content (AvgIpc) is 2.85. The third-order valence-electron chi connectivity index (χ3n) is 2.39. The maximum atomic E-state index is 12.6. The minimum atomic E-state index is -4.46. The van der Waals surface area contributed by atoms with Gasteiger partial charge in [0.2, 0.25) is 0 Å². The minimum absolute atomic E-state index is 0.130. The Balaban J connectivity index is 2.36. The minimum Gasteiger partial charge on any atom is -0.348 e. The van der Waals surface area contributed by atoms with Gasteiger partial charge in [0.1, 0.15) is 4.88 Å². The fourth-order valence-electron chi connectivity index (χ4n) is 1.64. The maximum absolute atomic E-state index is 12.6. The number of halogens is 3. The van der Waals surface area contributed by atoms with Gasteiger partial charge in [0, 0.05) is 13.1 Å². The molecule has 1 aliphatic heterocycles. The third kappa shape index (κ3) is 2.00. The second-order valence-corrected chi connectivity index (χ2v) is 4.49. The normalized spacial score (nSPS) is 16.5. The van der Waals surface area contributed by atoms with E-state index in [1.54, 1.807) is 0 Å². The van der Waals surface area contributed by atoms with E-state index in [4.69, 9.17) is 6.42 Å². The molecule has 2 nitrogen and oxygen atoms in total. The first kappa shape index (κ1) is 11.3. The van der Waals surface area contributed by atoms with Crippen molar-refractivity contribution in [3.05, 3.63) is 10.6 Å². The molecular formula is C10H9F3N2S. The van der Waals surface area contributed by atoms with Crippen molar-refractivity contribution in [3.63, 3.8) is 0 Å². The molecule has 1 saturated heterocycles. The first-order chi connectivity index (χ1) is 7.52. The van der Waals surface area contributed by atoms with Crippen LogP contribution in [-0.4, -0.2) is 18.1 Å². The molecule has 0 unspecified atom stereocenters. The Morgan fingerprint density at radius 3 is 2.38 bits per heavy atom. The van der Waals surface area contributed by atoms with E-state index in [9.17, 15) is 13.2 Å². The summed E-state index contributed by atoms with van der Waals surface area (Å²) >= 11 is 0.942. The summed E-state index contributed by atoms with van der Waals surface area (Å²) in [6, 6.07) is 0. The van der Waals surface area contributed by atoms with Crippen molar-refractivity contribution in [1.82, 2.24) is 4.98 Å². The van der Waals surface area contributed by atoms with Gasteiger partial charge in [0.15, 0.2) is 10.8 Å². The van der Waals surface area contributed by atoms with E-state index < -0.39 is 11.9 Å². The SMILES string of the molecule is C#Cc1sc(N2CCCC2)nc1C(F)(F)F. The second kappa shape index (κ2) is 3.98. The van der Waals surface area contributed by atoms with Gasteiger partial charge >= 0.3 is 6.18 Å². The van der Waals surface area contributed by atoms with E-state index in [1.807, 2.05) is 4.90 Å². The first-order valence-electron chi connectivity index (χ1n) is 4.82. The van der Waals surface area contributed by atoms with Crippen LogP contribution in [0.5, 0.6) is 0 Å². The van der Waals surface area contributed by atoms with Crippen LogP contribution in [0, 0.1) is 12.3 Å². The lowest BCUT2D eigenvalue weighted by atomic mass is 10.3. The molecule has 0 saturated carbocycles. The fraction of sp³-hybridized carbons (Fsp3) is 0.500. The van der Waals surface area contributed by atoms with Crippen LogP contribution in [-0.2, 0) is 6.18 Å². The highest BCUT2D eigenvalue weighted by Crippen LogP contribution is 2.37. The van der Waals surface area contributed by atoms with Crippen LogP contribution in [0.4, 0.5) is 18.3 Å². The molecule has 0 bridgehead atoms. The molecule has 1 aromatic heterocycles. The summed E-state index contributed by atoms with van der Waals surface area (Å²) in [6.45, 7) is 1.52. The highest BCUT2D eigenvalue weighted by atomic mass is 32.1. The van der Waals surface area contributed by atoms with Gasteiger partial charge in [-0.1, -0.05) is 17.3 Å². The van der Waals surface area contributed by atoms with E-state index in [0.717, 1.165) is 37.3 Å². The van der Waals surface area contributed by atoms with Crippen molar-refractivity contribution < 1.29 is 13.2 Å². The summed E-state index contributed by atoms with van der Waals surface area (Å²) in [5.74, 6) is 2.06. The first-order valence-corrected chi connectivity index (χ1v) is 5.63. The molecule has 2 rings (SSSR count). The number of nitrogens with zero attached hydrogens (tertiary/aromatic N) is 2. The molecule has 0 N–H and O–H groups in total. The highest BCUT2D eigenvalue weighted by Gasteiger charge is 2.38. The van der Waals surface area contributed by atoms with Gasteiger partial charge in [-0.2, -0.15) is 13.2 Å². The molecule has 1 aromatic rings. The second-order valence-electron chi connectivity index (χ2n) is 3.51. The Kier molecular flexibility index (Phi) is 2.80. The summed E-state index contributed by atoms with van der Waals surface area (Å²) in [6.07, 6.45) is 2.58. The van der Waals surface area contributed by atoms with E-state index in [-0.39, 0.29) is 4.88 Å². The monoisotopic (exact) mass is 246 g/mol. The molecule has 0 atom stereocenters. The number of rotatable bonds is 1. The van der Waals surface area contributed by atoms with E-state index in [0.29, 0.717) is 5.13 Å². The molecule has 1 aliphatic rings. The zero-order valence-electron chi connectivity index (χ0n) is 8.34. The van der Waals surface area contributed by atoms with Gasteiger partial charge in [0.25, 0.3) is 0 Å². The highest BCUT2D eigenvalue weighted by molar-refractivity contribution is 7.16. The molecule has 0 spiro atoms. The van der Waals surface area contributed by atoms with Crippen molar-refractivity contribution in [2.45, 2.75) is 19.0 Å². The third-order valence-corrected chi connectivity index (χ3v) is 3.44. The Morgan fingerprint density at radius 1 is 1.31 bits per heavy atom. The number of thiazole rings is 1. The van der Waals surface area contributed by atoms with Gasteiger partial charge < -0.3 is 4.90 Å². The Hall–Kier alpha value is -1.22. The molecule has 0 radical (unpaired) electrons. The number of hydrogen-bond acceptors (Lipinski definition) is 3. The van der Waals surface area contributed by atoms with Gasteiger partial charge in [0.05, 0.1) is 0 Å². The standard InChI is InChI=1S/C10H9F3N2S/c1-2-7-8(10(11,12)13)14-9(16-7)15-5-3-4-6-15/h1H,3-6H2. The van der Waals surface area contributed by atoms with Crippen LogP contribution >= 0.6 is 11.3 Å². The summed E-state index contributed by atoms with van der Waals surface area (Å²) in [7, 11) is 0. The van der Waals surface area contributed by atoms with Crippen molar-refractivity contribution >= 4 is 16.5 Å². The van der Waals surface area contributed by atoms with Gasteiger partial charge in [-0.3, -0.25) is 0 Å². The smallest absolute Gasteiger partial charge is 0.348 e. The lowest BCUT2D eigenvalue weighted by Gasteiger charge is -2.12. The van der Waals surface area contributed by atoms with Crippen molar-refractivity contribution in [2.24, 2.45) is 0 Å². The summed E-state index contributed by atoms with van der Waals surface area (Å²) in [5.41, 5.74) is -0.929. The number of terminal acetylenes is 1.